The Labute approximate surface area is 108 Å². The zero-order chi connectivity index (χ0) is 13.2. The largest absolute Gasteiger partial charge is 0.496 e. The first kappa shape index (κ1) is 13.8. The Kier molecular flexibility index (Phi) is 4.39. The van der Waals surface area contributed by atoms with Crippen LogP contribution in [0.15, 0.2) is 6.07 Å². The Hall–Kier alpha value is -1.24. The standard InChI is InChI=1S/C13H17ClN2O/c1-8-6-11(17-5)12(9(2)13(8)14)10(7-15)16(3)4/h6,10H,1-5H3. The van der Waals surface area contributed by atoms with E-state index in [2.05, 4.69) is 6.07 Å². The quantitative estimate of drug-likeness (QED) is 0.830. The molecule has 1 atom stereocenters. The molecule has 0 aromatic heterocycles. The predicted octanol–water partition coefficient (Wildman–Crippen LogP) is 3.09. The van der Waals surface area contributed by atoms with Crippen LogP contribution in [-0.2, 0) is 0 Å². The summed E-state index contributed by atoms with van der Waals surface area (Å²) in [5.41, 5.74) is 2.71. The van der Waals surface area contributed by atoms with E-state index in [9.17, 15) is 5.26 Å². The van der Waals surface area contributed by atoms with E-state index < -0.39 is 0 Å². The van der Waals surface area contributed by atoms with Crippen LogP contribution in [0.2, 0.25) is 5.02 Å². The van der Waals surface area contributed by atoms with Crippen molar-refractivity contribution < 1.29 is 4.74 Å². The Bertz CT molecular complexity index is 463. The molecule has 0 saturated heterocycles. The van der Waals surface area contributed by atoms with E-state index in [0.29, 0.717) is 10.8 Å². The van der Waals surface area contributed by atoms with Gasteiger partial charge >= 0.3 is 0 Å². The van der Waals surface area contributed by atoms with Crippen LogP contribution in [0.3, 0.4) is 0 Å². The van der Waals surface area contributed by atoms with Crippen LogP contribution in [0.25, 0.3) is 0 Å². The molecule has 0 fully saturated rings. The van der Waals surface area contributed by atoms with Gasteiger partial charge in [-0.25, -0.2) is 0 Å². The molecule has 0 bridgehead atoms. The summed E-state index contributed by atoms with van der Waals surface area (Å²) in [6.45, 7) is 3.85. The number of nitriles is 1. The Morgan fingerprint density at radius 3 is 2.41 bits per heavy atom. The fourth-order valence-electron chi connectivity index (χ4n) is 1.88. The third-order valence-electron chi connectivity index (χ3n) is 2.82. The van der Waals surface area contributed by atoms with Crippen LogP contribution < -0.4 is 4.74 Å². The second-order valence-electron chi connectivity index (χ2n) is 4.24. The van der Waals surface area contributed by atoms with Crippen molar-refractivity contribution in [3.8, 4) is 11.8 Å². The number of hydrogen-bond donors (Lipinski definition) is 0. The van der Waals surface area contributed by atoms with Gasteiger partial charge in [0.15, 0.2) is 0 Å². The number of ether oxygens (including phenoxy) is 1. The second-order valence-corrected chi connectivity index (χ2v) is 4.62. The molecule has 0 saturated carbocycles. The van der Waals surface area contributed by atoms with Gasteiger partial charge in [0.25, 0.3) is 0 Å². The van der Waals surface area contributed by atoms with E-state index in [1.807, 2.05) is 38.9 Å². The first-order valence-corrected chi connectivity index (χ1v) is 5.71. The summed E-state index contributed by atoms with van der Waals surface area (Å²) in [5, 5.41) is 9.96. The average molecular weight is 253 g/mol. The number of rotatable bonds is 3. The van der Waals surface area contributed by atoms with Gasteiger partial charge < -0.3 is 4.74 Å². The van der Waals surface area contributed by atoms with Crippen LogP contribution >= 0.6 is 11.6 Å². The van der Waals surface area contributed by atoms with Crippen molar-refractivity contribution in [1.82, 2.24) is 4.90 Å². The number of benzene rings is 1. The molecule has 0 spiro atoms. The molecular formula is C13H17ClN2O. The molecule has 4 heteroatoms. The van der Waals surface area contributed by atoms with Crippen molar-refractivity contribution >= 4 is 11.6 Å². The molecule has 0 aliphatic heterocycles. The highest BCUT2D eigenvalue weighted by Gasteiger charge is 2.22. The summed E-state index contributed by atoms with van der Waals surface area (Å²) >= 11 is 6.23. The van der Waals surface area contributed by atoms with Crippen molar-refractivity contribution in [2.24, 2.45) is 0 Å². The maximum atomic E-state index is 9.26. The lowest BCUT2D eigenvalue weighted by Crippen LogP contribution is -2.20. The second kappa shape index (κ2) is 5.39. The molecule has 0 aliphatic rings. The van der Waals surface area contributed by atoms with Crippen molar-refractivity contribution in [1.29, 1.82) is 5.26 Å². The number of aryl methyl sites for hydroxylation is 1. The normalized spacial score (nSPS) is 12.4. The van der Waals surface area contributed by atoms with Gasteiger partial charge in [0.1, 0.15) is 11.8 Å². The van der Waals surface area contributed by atoms with E-state index >= 15 is 0 Å². The minimum absolute atomic E-state index is 0.358. The molecule has 0 radical (unpaired) electrons. The van der Waals surface area contributed by atoms with E-state index in [1.54, 1.807) is 7.11 Å². The minimum Gasteiger partial charge on any atom is -0.496 e. The van der Waals surface area contributed by atoms with Crippen molar-refractivity contribution in [3.05, 3.63) is 27.8 Å². The fraction of sp³-hybridized carbons (Fsp3) is 0.462. The molecular weight excluding hydrogens is 236 g/mol. The summed E-state index contributed by atoms with van der Waals surface area (Å²) in [5.74, 6) is 0.713. The van der Waals surface area contributed by atoms with Gasteiger partial charge in [-0.1, -0.05) is 11.6 Å². The van der Waals surface area contributed by atoms with Crippen molar-refractivity contribution in [2.75, 3.05) is 21.2 Å². The molecule has 17 heavy (non-hydrogen) atoms. The molecule has 92 valence electrons. The topological polar surface area (TPSA) is 36.3 Å². The summed E-state index contributed by atoms with van der Waals surface area (Å²) in [6, 6.07) is 3.78. The molecule has 0 aliphatic carbocycles. The van der Waals surface area contributed by atoms with Gasteiger partial charge in [-0.05, 0) is 45.1 Å². The van der Waals surface area contributed by atoms with Gasteiger partial charge in [0.05, 0.1) is 13.2 Å². The smallest absolute Gasteiger partial charge is 0.127 e. The van der Waals surface area contributed by atoms with E-state index in [0.717, 1.165) is 16.7 Å². The first-order chi connectivity index (χ1) is 7.93. The van der Waals surface area contributed by atoms with Crippen LogP contribution in [0.5, 0.6) is 5.75 Å². The summed E-state index contributed by atoms with van der Waals surface area (Å²) in [4.78, 5) is 1.84. The lowest BCUT2D eigenvalue weighted by Gasteiger charge is -2.23. The number of halogens is 1. The third kappa shape index (κ3) is 2.54. The van der Waals surface area contributed by atoms with E-state index in [4.69, 9.17) is 16.3 Å². The van der Waals surface area contributed by atoms with Gasteiger partial charge in [-0.2, -0.15) is 5.26 Å². The fourth-order valence-corrected chi connectivity index (χ4v) is 2.04. The molecule has 3 nitrogen and oxygen atoms in total. The van der Waals surface area contributed by atoms with E-state index in [1.165, 1.54) is 0 Å². The summed E-state index contributed by atoms with van der Waals surface area (Å²) in [7, 11) is 5.33. The highest BCUT2D eigenvalue weighted by Crippen LogP contribution is 2.36. The van der Waals surface area contributed by atoms with Crippen LogP contribution in [0.1, 0.15) is 22.7 Å². The maximum absolute atomic E-state index is 9.26. The van der Waals surface area contributed by atoms with Crippen LogP contribution in [0.4, 0.5) is 0 Å². The van der Waals surface area contributed by atoms with Crippen molar-refractivity contribution in [2.45, 2.75) is 19.9 Å². The van der Waals surface area contributed by atoms with Gasteiger partial charge in [-0.15, -0.1) is 0 Å². The molecule has 1 rings (SSSR count). The number of hydrogen-bond acceptors (Lipinski definition) is 3. The van der Waals surface area contributed by atoms with E-state index in [-0.39, 0.29) is 6.04 Å². The molecule has 1 aromatic rings. The Morgan fingerprint density at radius 2 is 2.00 bits per heavy atom. The van der Waals surface area contributed by atoms with Crippen molar-refractivity contribution in [3.63, 3.8) is 0 Å². The van der Waals surface area contributed by atoms with Crippen LogP contribution in [0, 0.1) is 25.2 Å². The Morgan fingerprint density at radius 1 is 1.41 bits per heavy atom. The monoisotopic (exact) mass is 252 g/mol. The number of methoxy groups -OCH3 is 1. The zero-order valence-corrected chi connectivity index (χ0v) is 11.6. The lowest BCUT2D eigenvalue weighted by atomic mass is 9.97. The SMILES string of the molecule is COc1cc(C)c(Cl)c(C)c1C(C#N)N(C)C. The molecule has 0 amide bonds. The number of nitrogens with zero attached hydrogens (tertiary/aromatic N) is 2. The first-order valence-electron chi connectivity index (χ1n) is 5.33. The predicted molar refractivity (Wildman–Crippen MR) is 69.5 cm³/mol. The molecule has 0 N–H and O–H groups in total. The average Bonchev–Trinajstić information content (AvgIpc) is 2.29. The molecule has 1 aromatic carbocycles. The maximum Gasteiger partial charge on any atom is 0.127 e. The van der Waals surface area contributed by atoms with Gasteiger partial charge in [0.2, 0.25) is 0 Å². The third-order valence-corrected chi connectivity index (χ3v) is 3.41. The highest BCUT2D eigenvalue weighted by molar-refractivity contribution is 6.32. The lowest BCUT2D eigenvalue weighted by molar-refractivity contribution is 0.338. The highest BCUT2D eigenvalue weighted by atomic mass is 35.5. The van der Waals surface area contributed by atoms with Crippen LogP contribution in [-0.4, -0.2) is 26.1 Å². The van der Waals surface area contributed by atoms with Gasteiger partial charge in [0, 0.05) is 10.6 Å². The minimum atomic E-state index is -0.358. The Balaban J connectivity index is 3.51. The molecule has 0 heterocycles. The van der Waals surface area contributed by atoms with Gasteiger partial charge in [-0.3, -0.25) is 4.90 Å². The summed E-state index contributed by atoms with van der Waals surface area (Å²) < 4.78 is 5.36. The molecule has 1 unspecified atom stereocenters. The summed E-state index contributed by atoms with van der Waals surface area (Å²) in [6.07, 6.45) is 0. The zero-order valence-electron chi connectivity index (χ0n) is 10.8.